The van der Waals surface area contributed by atoms with Crippen LogP contribution in [0, 0.1) is 10.1 Å². The standard InChI is InChI=1S/C17H19ClN4O2S2/c18-13-6-5-12(22(23)24)10-14(13)20-17(25)19-11-15(16-4-3-9-26-16)21-7-1-2-8-21/h3-6,9-10,15H,1-2,7-8,11H2,(H2,19,20,25)/p+1/t15-/m0/s1. The van der Waals surface area contributed by atoms with Crippen molar-refractivity contribution in [1.82, 2.24) is 5.32 Å². The lowest BCUT2D eigenvalue weighted by molar-refractivity contribution is -0.918. The van der Waals surface area contributed by atoms with Gasteiger partial charge in [-0.1, -0.05) is 17.7 Å². The van der Waals surface area contributed by atoms with Gasteiger partial charge in [-0.2, -0.15) is 0 Å². The fraction of sp³-hybridized carbons (Fsp3) is 0.353. The first-order valence-corrected chi connectivity index (χ1v) is 10.1. The minimum atomic E-state index is -0.457. The Morgan fingerprint density at radius 3 is 2.81 bits per heavy atom. The van der Waals surface area contributed by atoms with E-state index in [2.05, 4.69) is 28.1 Å². The molecule has 2 heterocycles. The number of quaternary nitrogens is 1. The number of hydrogen-bond acceptors (Lipinski definition) is 4. The lowest BCUT2D eigenvalue weighted by atomic mass is 10.2. The summed E-state index contributed by atoms with van der Waals surface area (Å²) in [6, 6.07) is 8.83. The van der Waals surface area contributed by atoms with Crippen LogP contribution in [0.2, 0.25) is 5.02 Å². The lowest BCUT2D eigenvalue weighted by Crippen LogP contribution is -3.11. The average molecular weight is 412 g/mol. The maximum atomic E-state index is 10.9. The number of rotatable bonds is 6. The summed E-state index contributed by atoms with van der Waals surface area (Å²) in [7, 11) is 0. The predicted octanol–water partition coefficient (Wildman–Crippen LogP) is 3.02. The zero-order chi connectivity index (χ0) is 18.5. The van der Waals surface area contributed by atoms with E-state index < -0.39 is 4.92 Å². The van der Waals surface area contributed by atoms with Gasteiger partial charge in [0.25, 0.3) is 5.69 Å². The van der Waals surface area contributed by atoms with E-state index in [4.69, 9.17) is 23.8 Å². The molecule has 1 aromatic carbocycles. The average Bonchev–Trinajstić information content (AvgIpc) is 3.31. The van der Waals surface area contributed by atoms with Crippen LogP contribution in [0.3, 0.4) is 0 Å². The number of benzene rings is 1. The number of halogens is 1. The molecular weight excluding hydrogens is 392 g/mol. The zero-order valence-electron chi connectivity index (χ0n) is 14.0. The second-order valence-electron chi connectivity index (χ2n) is 6.19. The zero-order valence-corrected chi connectivity index (χ0v) is 16.4. The molecule has 1 fully saturated rings. The van der Waals surface area contributed by atoms with Gasteiger partial charge in [0, 0.05) is 25.0 Å². The largest absolute Gasteiger partial charge is 0.356 e. The summed E-state index contributed by atoms with van der Waals surface area (Å²) in [4.78, 5) is 13.4. The van der Waals surface area contributed by atoms with Gasteiger partial charge in [0.15, 0.2) is 5.11 Å². The van der Waals surface area contributed by atoms with Crippen molar-refractivity contribution < 1.29 is 9.82 Å². The lowest BCUT2D eigenvalue weighted by Gasteiger charge is -2.24. The molecule has 6 nitrogen and oxygen atoms in total. The number of anilines is 1. The molecule has 9 heteroatoms. The number of nitrogens with one attached hydrogen (secondary N) is 3. The van der Waals surface area contributed by atoms with Crippen molar-refractivity contribution in [2.45, 2.75) is 18.9 Å². The highest BCUT2D eigenvalue weighted by molar-refractivity contribution is 7.80. The van der Waals surface area contributed by atoms with Crippen LogP contribution in [0.25, 0.3) is 0 Å². The molecule has 1 aromatic heterocycles. The third-order valence-corrected chi connectivity index (χ3v) is 6.06. The Kier molecular flexibility index (Phi) is 6.42. The first kappa shape index (κ1) is 19.0. The highest BCUT2D eigenvalue weighted by atomic mass is 35.5. The van der Waals surface area contributed by atoms with E-state index in [0.717, 1.165) is 0 Å². The Labute approximate surface area is 166 Å². The van der Waals surface area contributed by atoms with Gasteiger partial charge in [0.2, 0.25) is 0 Å². The summed E-state index contributed by atoms with van der Waals surface area (Å²) >= 11 is 13.2. The van der Waals surface area contributed by atoms with Crippen molar-refractivity contribution in [2.24, 2.45) is 0 Å². The first-order valence-electron chi connectivity index (χ1n) is 8.41. The van der Waals surface area contributed by atoms with Gasteiger partial charge in [-0.05, 0) is 29.7 Å². The maximum Gasteiger partial charge on any atom is 0.271 e. The molecule has 0 amide bonds. The molecule has 0 saturated carbocycles. The van der Waals surface area contributed by atoms with E-state index in [1.165, 1.54) is 49.0 Å². The predicted molar refractivity (Wildman–Crippen MR) is 109 cm³/mol. The van der Waals surface area contributed by atoms with Crippen molar-refractivity contribution in [2.75, 3.05) is 25.0 Å². The molecule has 0 spiro atoms. The summed E-state index contributed by atoms with van der Waals surface area (Å²) in [6.45, 7) is 3.04. The molecule has 0 bridgehead atoms. The van der Waals surface area contributed by atoms with Gasteiger partial charge in [0.05, 0.1) is 40.1 Å². The number of likely N-dealkylation sites (tertiary alicyclic amines) is 1. The summed E-state index contributed by atoms with van der Waals surface area (Å²) in [5.41, 5.74) is 0.400. The first-order chi connectivity index (χ1) is 12.5. The molecule has 1 atom stereocenters. The van der Waals surface area contributed by atoms with Crippen molar-refractivity contribution in [3.8, 4) is 0 Å². The van der Waals surface area contributed by atoms with Crippen LogP contribution < -0.4 is 15.5 Å². The Balaban J connectivity index is 1.64. The van der Waals surface area contributed by atoms with Crippen LogP contribution in [-0.2, 0) is 0 Å². The molecule has 138 valence electrons. The highest BCUT2D eigenvalue weighted by Crippen LogP contribution is 2.26. The monoisotopic (exact) mass is 411 g/mol. The number of non-ortho nitro benzene ring substituents is 1. The van der Waals surface area contributed by atoms with Crippen LogP contribution in [0.15, 0.2) is 35.7 Å². The minimum Gasteiger partial charge on any atom is -0.356 e. The Bertz CT molecular complexity index is 779. The smallest absolute Gasteiger partial charge is 0.271 e. The fourth-order valence-corrected chi connectivity index (χ4v) is 4.44. The van der Waals surface area contributed by atoms with Crippen molar-refractivity contribution in [3.05, 3.63) is 55.7 Å². The topological polar surface area (TPSA) is 71.6 Å². The van der Waals surface area contributed by atoms with Gasteiger partial charge < -0.3 is 15.5 Å². The number of thiophene rings is 1. The molecular formula is C17H20ClN4O2S2+. The van der Waals surface area contributed by atoms with Gasteiger partial charge in [0.1, 0.15) is 6.04 Å². The van der Waals surface area contributed by atoms with Crippen LogP contribution in [0.4, 0.5) is 11.4 Å². The second-order valence-corrected chi connectivity index (χ2v) is 7.98. The maximum absolute atomic E-state index is 10.9. The van der Waals surface area contributed by atoms with Crippen LogP contribution in [-0.4, -0.2) is 29.7 Å². The van der Waals surface area contributed by atoms with Crippen LogP contribution >= 0.6 is 35.2 Å². The third-order valence-electron chi connectivity index (χ3n) is 4.50. The molecule has 0 radical (unpaired) electrons. The Morgan fingerprint density at radius 2 is 2.15 bits per heavy atom. The Morgan fingerprint density at radius 1 is 1.38 bits per heavy atom. The Hall–Kier alpha value is -1.74. The summed E-state index contributed by atoms with van der Waals surface area (Å²) in [5, 5.41) is 20.0. The number of nitro benzene ring substituents is 1. The summed E-state index contributed by atoms with van der Waals surface area (Å²) in [5.74, 6) is 0. The summed E-state index contributed by atoms with van der Waals surface area (Å²) < 4.78 is 0. The van der Waals surface area contributed by atoms with Crippen molar-refractivity contribution >= 4 is 51.6 Å². The van der Waals surface area contributed by atoms with E-state index in [-0.39, 0.29) is 5.69 Å². The molecule has 1 aliphatic heterocycles. The van der Waals surface area contributed by atoms with Gasteiger partial charge in [-0.15, -0.1) is 11.3 Å². The van der Waals surface area contributed by atoms with E-state index in [1.807, 2.05) is 0 Å². The van der Waals surface area contributed by atoms with E-state index in [1.54, 1.807) is 16.2 Å². The number of hydrogen-bond donors (Lipinski definition) is 3. The quantitative estimate of drug-likeness (QED) is 0.387. The number of nitro groups is 1. The van der Waals surface area contributed by atoms with E-state index >= 15 is 0 Å². The molecule has 1 aliphatic rings. The molecule has 26 heavy (non-hydrogen) atoms. The van der Waals surface area contributed by atoms with E-state index in [9.17, 15) is 10.1 Å². The minimum absolute atomic E-state index is 0.0299. The van der Waals surface area contributed by atoms with Gasteiger partial charge in [-0.25, -0.2) is 0 Å². The molecule has 0 unspecified atom stereocenters. The molecule has 0 aliphatic carbocycles. The SMILES string of the molecule is O=[N+]([O-])c1ccc(Cl)c(NC(=S)NC[C@@H](c2cccs2)[NH+]2CCCC2)c1. The number of nitrogens with zero attached hydrogens (tertiary/aromatic N) is 1. The van der Waals surface area contributed by atoms with Crippen LogP contribution in [0.5, 0.6) is 0 Å². The molecule has 3 rings (SSSR count). The number of thiocarbonyl (C=S) groups is 1. The normalized spacial score (nSPS) is 15.6. The second kappa shape index (κ2) is 8.77. The molecule has 3 N–H and O–H groups in total. The van der Waals surface area contributed by atoms with Crippen molar-refractivity contribution in [1.29, 1.82) is 0 Å². The summed E-state index contributed by atoms with van der Waals surface area (Å²) in [6.07, 6.45) is 2.51. The molecule has 1 saturated heterocycles. The third kappa shape index (κ3) is 4.70. The van der Waals surface area contributed by atoms with Gasteiger partial charge in [-0.3, -0.25) is 10.1 Å². The fourth-order valence-electron chi connectivity index (χ4n) is 3.20. The van der Waals surface area contributed by atoms with Crippen molar-refractivity contribution in [3.63, 3.8) is 0 Å². The molecule has 2 aromatic rings. The highest BCUT2D eigenvalue weighted by Gasteiger charge is 2.28. The van der Waals surface area contributed by atoms with Gasteiger partial charge >= 0.3 is 0 Å². The van der Waals surface area contributed by atoms with Crippen LogP contribution in [0.1, 0.15) is 23.8 Å². The van der Waals surface area contributed by atoms with E-state index in [0.29, 0.717) is 28.4 Å².